The van der Waals surface area contributed by atoms with E-state index in [1.165, 1.54) is 35.3 Å². The maximum Gasteiger partial charge on any atom is 0.341 e. The van der Waals surface area contributed by atoms with Crippen LogP contribution in [0.5, 0.6) is 0 Å². The molecule has 0 bridgehead atoms. The summed E-state index contributed by atoms with van der Waals surface area (Å²) in [4.78, 5) is 14.0. The number of ether oxygens (including phenoxy) is 1. The van der Waals surface area contributed by atoms with E-state index in [1.807, 2.05) is 13.0 Å². The summed E-state index contributed by atoms with van der Waals surface area (Å²) in [5, 5.41) is 8.08. The Labute approximate surface area is 189 Å². The van der Waals surface area contributed by atoms with Gasteiger partial charge in [0.1, 0.15) is 5.00 Å². The molecule has 2 N–H and O–H groups in total. The van der Waals surface area contributed by atoms with Gasteiger partial charge in [0.15, 0.2) is 5.11 Å². The van der Waals surface area contributed by atoms with Crippen LogP contribution in [0.1, 0.15) is 72.3 Å². The molecule has 1 atom stereocenters. The first-order valence-electron chi connectivity index (χ1n) is 11.0. The molecule has 0 fully saturated rings. The van der Waals surface area contributed by atoms with Crippen molar-refractivity contribution in [1.29, 1.82) is 0 Å². The fraction of sp³-hybridized carbons (Fsp3) is 0.500. The van der Waals surface area contributed by atoms with E-state index in [0.29, 0.717) is 17.3 Å². The van der Waals surface area contributed by atoms with Gasteiger partial charge < -0.3 is 15.4 Å². The van der Waals surface area contributed by atoms with E-state index in [9.17, 15) is 4.79 Å². The summed E-state index contributed by atoms with van der Waals surface area (Å²) in [6.07, 6.45) is 8.73. The van der Waals surface area contributed by atoms with Crippen molar-refractivity contribution in [3.63, 3.8) is 0 Å². The molecule has 1 aromatic carbocycles. The summed E-state index contributed by atoms with van der Waals surface area (Å²) in [6, 6.07) is 10.7. The van der Waals surface area contributed by atoms with E-state index in [1.54, 1.807) is 11.3 Å². The molecular weight excluding hydrogens is 412 g/mol. The number of hydrogen-bond acceptors (Lipinski definition) is 4. The molecule has 0 aliphatic heterocycles. The summed E-state index contributed by atoms with van der Waals surface area (Å²) in [6.45, 7) is 4.36. The smallest absolute Gasteiger partial charge is 0.341 e. The number of esters is 1. The van der Waals surface area contributed by atoms with Crippen LogP contribution >= 0.6 is 23.6 Å². The highest BCUT2D eigenvalue weighted by Crippen LogP contribution is 2.37. The summed E-state index contributed by atoms with van der Waals surface area (Å²) >= 11 is 7.25. The summed E-state index contributed by atoms with van der Waals surface area (Å²) < 4.78 is 5.38. The van der Waals surface area contributed by atoms with Crippen molar-refractivity contribution in [3.8, 4) is 0 Å². The van der Waals surface area contributed by atoms with Gasteiger partial charge in [-0.3, -0.25) is 0 Å². The van der Waals surface area contributed by atoms with Crippen molar-refractivity contribution < 1.29 is 9.53 Å². The second-order valence-corrected chi connectivity index (χ2v) is 9.38. The number of nitrogens with one attached hydrogen (secondary N) is 2. The quantitative estimate of drug-likeness (QED) is 0.412. The minimum atomic E-state index is -0.238. The van der Waals surface area contributed by atoms with Gasteiger partial charge in [-0.25, -0.2) is 4.79 Å². The van der Waals surface area contributed by atoms with Crippen LogP contribution in [-0.2, 0) is 24.0 Å². The van der Waals surface area contributed by atoms with E-state index in [0.717, 1.165) is 37.1 Å². The number of thiocarbonyl (C=S) groups is 1. The molecule has 1 heterocycles. The van der Waals surface area contributed by atoms with Gasteiger partial charge in [-0.15, -0.1) is 11.3 Å². The lowest BCUT2D eigenvalue weighted by atomic mass is 9.96. The molecule has 1 aromatic heterocycles. The fourth-order valence-electron chi connectivity index (χ4n) is 3.89. The van der Waals surface area contributed by atoms with Gasteiger partial charge in [0, 0.05) is 10.9 Å². The zero-order chi connectivity index (χ0) is 21.3. The highest BCUT2D eigenvalue weighted by atomic mass is 32.1. The molecular formula is C24H32N2O2S2. The summed E-state index contributed by atoms with van der Waals surface area (Å²) in [5.41, 5.74) is 3.19. The average Bonchev–Trinajstić information content (AvgIpc) is 3.03. The number of carbonyl (C=O) groups excluding carboxylic acids is 1. The average molecular weight is 445 g/mol. The first kappa shape index (κ1) is 22.8. The number of thiophene rings is 1. The van der Waals surface area contributed by atoms with E-state index in [2.05, 4.69) is 41.8 Å². The fourth-order valence-corrected chi connectivity index (χ4v) is 5.54. The third-order valence-corrected chi connectivity index (χ3v) is 6.89. The van der Waals surface area contributed by atoms with Crippen molar-refractivity contribution in [1.82, 2.24) is 5.32 Å². The standard InChI is InChI=1S/C24H32N2O2S2/c1-3-28-23(27)21-19-13-9-4-5-10-14-20(19)30-22(21)26-24(29)25-17(2)15-16-18-11-7-6-8-12-18/h6-8,11-12,17H,3-5,9-10,13-16H2,1-2H3,(H2,25,26,29). The Morgan fingerprint density at radius 3 is 2.63 bits per heavy atom. The normalized spacial score (nSPS) is 14.7. The van der Waals surface area contributed by atoms with Gasteiger partial charge in [-0.2, -0.15) is 0 Å². The molecule has 30 heavy (non-hydrogen) atoms. The lowest BCUT2D eigenvalue weighted by molar-refractivity contribution is 0.0526. The molecule has 162 valence electrons. The molecule has 6 heteroatoms. The molecule has 3 rings (SSSR count). The van der Waals surface area contributed by atoms with Crippen LogP contribution in [0.4, 0.5) is 5.00 Å². The van der Waals surface area contributed by atoms with Gasteiger partial charge >= 0.3 is 5.97 Å². The number of rotatable bonds is 7. The van der Waals surface area contributed by atoms with Crippen LogP contribution < -0.4 is 10.6 Å². The van der Waals surface area contributed by atoms with Gasteiger partial charge in [-0.05, 0) is 75.7 Å². The number of carbonyl (C=O) groups is 1. The van der Waals surface area contributed by atoms with Gasteiger partial charge in [0.05, 0.1) is 12.2 Å². The first-order chi connectivity index (χ1) is 14.6. The largest absolute Gasteiger partial charge is 0.462 e. The highest BCUT2D eigenvalue weighted by Gasteiger charge is 2.25. The number of anilines is 1. The summed E-state index contributed by atoms with van der Waals surface area (Å²) in [7, 11) is 0. The molecule has 0 radical (unpaired) electrons. The lowest BCUT2D eigenvalue weighted by Crippen LogP contribution is -2.36. The van der Waals surface area contributed by atoms with Gasteiger partial charge in [0.2, 0.25) is 0 Å². The minimum absolute atomic E-state index is 0.234. The number of fused-ring (bicyclic) bond motifs is 1. The Kier molecular flexibility index (Phi) is 8.70. The van der Waals surface area contributed by atoms with Crippen LogP contribution in [-0.4, -0.2) is 23.7 Å². The second-order valence-electron chi connectivity index (χ2n) is 7.87. The molecule has 1 aliphatic carbocycles. The first-order valence-corrected chi connectivity index (χ1v) is 12.2. The Morgan fingerprint density at radius 1 is 1.17 bits per heavy atom. The molecule has 2 aromatic rings. The zero-order valence-corrected chi connectivity index (χ0v) is 19.6. The van der Waals surface area contributed by atoms with Gasteiger partial charge in [-0.1, -0.05) is 43.2 Å². The van der Waals surface area contributed by atoms with Crippen molar-refractivity contribution in [2.75, 3.05) is 11.9 Å². The maximum absolute atomic E-state index is 12.7. The van der Waals surface area contributed by atoms with E-state index < -0.39 is 0 Å². The van der Waals surface area contributed by atoms with Crippen LogP contribution in [0.25, 0.3) is 0 Å². The predicted molar refractivity (Wildman–Crippen MR) is 130 cm³/mol. The lowest BCUT2D eigenvalue weighted by Gasteiger charge is -2.17. The Bertz CT molecular complexity index is 848. The molecule has 4 nitrogen and oxygen atoms in total. The topological polar surface area (TPSA) is 50.4 Å². The second kappa shape index (κ2) is 11.5. The van der Waals surface area contributed by atoms with Crippen LogP contribution in [0.2, 0.25) is 0 Å². The van der Waals surface area contributed by atoms with E-state index >= 15 is 0 Å². The van der Waals surface area contributed by atoms with Gasteiger partial charge in [0.25, 0.3) is 0 Å². The number of benzene rings is 1. The molecule has 0 amide bonds. The third kappa shape index (κ3) is 6.29. The SMILES string of the molecule is CCOC(=O)c1c(NC(=S)NC(C)CCc2ccccc2)sc2c1CCCCCC2. The van der Waals surface area contributed by atoms with E-state index in [4.69, 9.17) is 17.0 Å². The molecule has 0 saturated carbocycles. The van der Waals surface area contributed by atoms with Crippen LogP contribution in [0, 0.1) is 0 Å². The molecule has 0 saturated heterocycles. The van der Waals surface area contributed by atoms with Crippen molar-refractivity contribution in [3.05, 3.63) is 51.9 Å². The monoisotopic (exact) mass is 444 g/mol. The van der Waals surface area contributed by atoms with Crippen molar-refractivity contribution in [2.24, 2.45) is 0 Å². The predicted octanol–water partition coefficient (Wildman–Crippen LogP) is 5.89. The highest BCUT2D eigenvalue weighted by molar-refractivity contribution is 7.80. The van der Waals surface area contributed by atoms with Crippen LogP contribution in [0.3, 0.4) is 0 Å². The molecule has 1 aliphatic rings. The Morgan fingerprint density at radius 2 is 1.90 bits per heavy atom. The van der Waals surface area contributed by atoms with Crippen molar-refractivity contribution >= 4 is 39.6 Å². The Balaban J connectivity index is 1.67. The Hall–Kier alpha value is -1.92. The number of hydrogen-bond donors (Lipinski definition) is 2. The van der Waals surface area contributed by atoms with Crippen LogP contribution in [0.15, 0.2) is 30.3 Å². The van der Waals surface area contributed by atoms with E-state index in [-0.39, 0.29) is 12.0 Å². The maximum atomic E-state index is 12.7. The molecule has 1 unspecified atom stereocenters. The number of aryl methyl sites for hydroxylation is 2. The summed E-state index contributed by atoms with van der Waals surface area (Å²) in [5.74, 6) is -0.238. The third-order valence-electron chi connectivity index (χ3n) is 5.46. The van der Waals surface area contributed by atoms with Crippen molar-refractivity contribution in [2.45, 2.75) is 71.3 Å². The zero-order valence-electron chi connectivity index (χ0n) is 18.0. The molecule has 0 spiro atoms. The minimum Gasteiger partial charge on any atom is -0.462 e.